The van der Waals surface area contributed by atoms with Crippen LogP contribution in [0, 0.1) is 11.8 Å². The molecule has 6 nitrogen and oxygen atoms in total. The van der Waals surface area contributed by atoms with E-state index in [-0.39, 0.29) is 6.61 Å². The lowest BCUT2D eigenvalue weighted by Gasteiger charge is -2.30. The molecule has 2 aromatic rings. The van der Waals surface area contributed by atoms with Crippen LogP contribution in [0.1, 0.15) is 0 Å². The van der Waals surface area contributed by atoms with Crippen molar-refractivity contribution in [3.05, 3.63) is 30.5 Å². The topological polar surface area (TPSA) is 61.7 Å². The van der Waals surface area contributed by atoms with Crippen molar-refractivity contribution in [2.75, 3.05) is 57.4 Å². The van der Waals surface area contributed by atoms with Crippen molar-refractivity contribution in [1.82, 2.24) is 14.9 Å². The maximum atomic E-state index is 9.80. The first-order valence-corrected chi connectivity index (χ1v) is 8.71. The molecule has 0 saturated carbocycles. The lowest BCUT2D eigenvalue weighted by atomic mass is 9.96. The molecule has 4 rings (SSSR count). The van der Waals surface area contributed by atoms with Crippen LogP contribution in [-0.2, 0) is 4.74 Å². The van der Waals surface area contributed by atoms with Crippen LogP contribution in [0.4, 0.5) is 5.82 Å². The molecule has 2 saturated heterocycles. The monoisotopic (exact) mass is 328 g/mol. The van der Waals surface area contributed by atoms with Crippen LogP contribution >= 0.6 is 0 Å². The van der Waals surface area contributed by atoms with Crippen molar-refractivity contribution in [1.29, 1.82) is 0 Å². The Kier molecular flexibility index (Phi) is 4.60. The summed E-state index contributed by atoms with van der Waals surface area (Å²) in [6.07, 6.45) is 1.86. The Balaban J connectivity index is 1.49. The molecule has 6 heteroatoms. The number of aromatic nitrogens is 2. The third-order valence-corrected chi connectivity index (χ3v) is 5.17. The van der Waals surface area contributed by atoms with Crippen molar-refractivity contribution >= 4 is 16.9 Å². The zero-order valence-corrected chi connectivity index (χ0v) is 13.8. The van der Waals surface area contributed by atoms with Gasteiger partial charge in [-0.15, -0.1) is 0 Å². The summed E-state index contributed by atoms with van der Waals surface area (Å²) in [5, 5.41) is 9.80. The van der Waals surface area contributed by atoms with E-state index in [2.05, 4.69) is 14.8 Å². The van der Waals surface area contributed by atoms with Gasteiger partial charge in [-0.25, -0.2) is 4.98 Å². The van der Waals surface area contributed by atoms with Gasteiger partial charge >= 0.3 is 0 Å². The quantitative estimate of drug-likeness (QED) is 0.904. The first-order chi connectivity index (χ1) is 11.8. The zero-order chi connectivity index (χ0) is 16.4. The lowest BCUT2D eigenvalue weighted by molar-refractivity contribution is 0.0268. The molecule has 0 radical (unpaired) electrons. The molecule has 0 aliphatic carbocycles. The smallest absolute Gasteiger partial charge is 0.147 e. The molecule has 1 N–H and O–H groups in total. The number of aliphatic hydroxyl groups excluding tert-OH is 1. The van der Waals surface area contributed by atoms with Crippen LogP contribution in [0.25, 0.3) is 11.0 Å². The molecule has 0 amide bonds. The summed E-state index contributed by atoms with van der Waals surface area (Å²) < 4.78 is 5.43. The van der Waals surface area contributed by atoms with Crippen LogP contribution in [0.3, 0.4) is 0 Å². The van der Waals surface area contributed by atoms with Gasteiger partial charge in [0.25, 0.3) is 0 Å². The number of morpholine rings is 1. The van der Waals surface area contributed by atoms with Gasteiger partial charge in [-0.2, -0.15) is 0 Å². The summed E-state index contributed by atoms with van der Waals surface area (Å²) in [6.45, 7) is 6.63. The number of aliphatic hydroxyl groups is 1. The fourth-order valence-electron chi connectivity index (χ4n) is 3.75. The molecular formula is C18H24N4O2. The van der Waals surface area contributed by atoms with Crippen molar-refractivity contribution in [2.24, 2.45) is 11.8 Å². The van der Waals surface area contributed by atoms with Gasteiger partial charge in [0.1, 0.15) is 5.82 Å². The minimum atomic E-state index is 0.229. The minimum Gasteiger partial charge on any atom is -0.396 e. The molecule has 1 aromatic carbocycles. The molecule has 0 unspecified atom stereocenters. The highest BCUT2D eigenvalue weighted by Crippen LogP contribution is 2.28. The first-order valence-electron chi connectivity index (χ1n) is 8.71. The van der Waals surface area contributed by atoms with Crippen LogP contribution in [0.5, 0.6) is 0 Å². The largest absolute Gasteiger partial charge is 0.396 e. The van der Waals surface area contributed by atoms with Gasteiger partial charge in [-0.1, -0.05) is 12.1 Å². The normalized spacial score (nSPS) is 25.5. The van der Waals surface area contributed by atoms with E-state index in [1.54, 1.807) is 0 Å². The number of rotatable bonds is 4. The van der Waals surface area contributed by atoms with Crippen LogP contribution < -0.4 is 4.90 Å². The van der Waals surface area contributed by atoms with Crippen LogP contribution in [0.2, 0.25) is 0 Å². The molecule has 2 atom stereocenters. The van der Waals surface area contributed by atoms with E-state index in [9.17, 15) is 5.11 Å². The Hall–Kier alpha value is -1.76. The van der Waals surface area contributed by atoms with Crippen molar-refractivity contribution < 1.29 is 9.84 Å². The number of ether oxygens (including phenoxy) is 1. The second-order valence-electron chi connectivity index (χ2n) is 6.74. The average Bonchev–Trinajstić information content (AvgIpc) is 3.05. The summed E-state index contributed by atoms with van der Waals surface area (Å²) in [7, 11) is 0. The Morgan fingerprint density at radius 2 is 1.83 bits per heavy atom. The Labute approximate surface area is 142 Å². The predicted molar refractivity (Wildman–Crippen MR) is 93.1 cm³/mol. The summed E-state index contributed by atoms with van der Waals surface area (Å²) in [6, 6.07) is 7.94. The van der Waals surface area contributed by atoms with Gasteiger partial charge in [-0.3, -0.25) is 9.88 Å². The van der Waals surface area contributed by atoms with Gasteiger partial charge in [0, 0.05) is 45.2 Å². The fourth-order valence-corrected chi connectivity index (χ4v) is 3.75. The molecule has 0 bridgehead atoms. The lowest BCUT2D eigenvalue weighted by Crippen LogP contribution is -2.41. The SMILES string of the molecule is OC[C@H]1CN(c2cnc3ccccc3n2)C[C@H]1CN1CCOCC1. The highest BCUT2D eigenvalue weighted by atomic mass is 16.5. The molecule has 2 fully saturated rings. The van der Waals surface area contributed by atoms with Crippen LogP contribution in [-0.4, -0.2) is 72.5 Å². The molecule has 3 heterocycles. The van der Waals surface area contributed by atoms with Crippen molar-refractivity contribution in [3.8, 4) is 0 Å². The molecule has 0 spiro atoms. The molecule has 2 aliphatic rings. The summed E-state index contributed by atoms with van der Waals surface area (Å²) >= 11 is 0. The summed E-state index contributed by atoms with van der Waals surface area (Å²) in [5.74, 6) is 1.67. The number of fused-ring (bicyclic) bond motifs is 1. The molecular weight excluding hydrogens is 304 g/mol. The number of nitrogens with zero attached hydrogens (tertiary/aromatic N) is 4. The highest BCUT2D eigenvalue weighted by Gasteiger charge is 2.34. The number of para-hydroxylation sites is 2. The predicted octanol–water partition coefficient (Wildman–Crippen LogP) is 1.01. The molecule has 2 aliphatic heterocycles. The van der Waals surface area contributed by atoms with E-state index in [1.165, 1.54) is 0 Å². The molecule has 1 aromatic heterocycles. The average molecular weight is 328 g/mol. The number of benzene rings is 1. The van der Waals surface area contributed by atoms with Gasteiger partial charge in [0.15, 0.2) is 0 Å². The van der Waals surface area contributed by atoms with Gasteiger partial charge in [-0.05, 0) is 18.1 Å². The van der Waals surface area contributed by atoms with E-state index in [0.29, 0.717) is 11.8 Å². The van der Waals surface area contributed by atoms with E-state index >= 15 is 0 Å². The fraction of sp³-hybridized carbons (Fsp3) is 0.556. The third-order valence-electron chi connectivity index (χ3n) is 5.17. The second kappa shape index (κ2) is 7.01. The van der Waals surface area contributed by atoms with E-state index in [0.717, 1.165) is 62.8 Å². The Morgan fingerprint density at radius 3 is 2.62 bits per heavy atom. The first kappa shape index (κ1) is 15.7. The maximum Gasteiger partial charge on any atom is 0.147 e. The van der Waals surface area contributed by atoms with E-state index in [4.69, 9.17) is 9.72 Å². The summed E-state index contributed by atoms with van der Waals surface area (Å²) in [4.78, 5) is 14.0. The molecule has 128 valence electrons. The van der Waals surface area contributed by atoms with E-state index < -0.39 is 0 Å². The van der Waals surface area contributed by atoms with E-state index in [1.807, 2.05) is 30.5 Å². The van der Waals surface area contributed by atoms with Crippen LogP contribution in [0.15, 0.2) is 30.5 Å². The molecule has 24 heavy (non-hydrogen) atoms. The Morgan fingerprint density at radius 1 is 1.08 bits per heavy atom. The second-order valence-corrected chi connectivity index (χ2v) is 6.74. The third kappa shape index (κ3) is 3.22. The zero-order valence-electron chi connectivity index (χ0n) is 13.8. The van der Waals surface area contributed by atoms with Crippen molar-refractivity contribution in [3.63, 3.8) is 0 Å². The number of anilines is 1. The number of hydrogen-bond donors (Lipinski definition) is 1. The number of hydrogen-bond acceptors (Lipinski definition) is 6. The van der Waals surface area contributed by atoms with Crippen molar-refractivity contribution in [2.45, 2.75) is 0 Å². The standard InChI is InChI=1S/C18H24N4O2/c23-13-15-12-22(11-14(15)10-21-5-7-24-8-6-21)18-9-19-16-3-1-2-4-17(16)20-18/h1-4,9,14-15,23H,5-8,10-13H2/t14-,15-/m1/s1. The minimum absolute atomic E-state index is 0.229. The van der Waals surface area contributed by atoms with Gasteiger partial charge in [0.2, 0.25) is 0 Å². The highest BCUT2D eigenvalue weighted by molar-refractivity contribution is 5.75. The van der Waals surface area contributed by atoms with Gasteiger partial charge in [0.05, 0.1) is 30.4 Å². The van der Waals surface area contributed by atoms with Gasteiger partial charge < -0.3 is 14.7 Å². The Bertz CT molecular complexity index is 690. The summed E-state index contributed by atoms with van der Waals surface area (Å²) in [5.41, 5.74) is 1.84. The maximum absolute atomic E-state index is 9.80.